The van der Waals surface area contributed by atoms with Crippen LogP contribution in [0.1, 0.15) is 22.2 Å². The van der Waals surface area contributed by atoms with Crippen molar-refractivity contribution in [2.24, 2.45) is 0 Å². The van der Waals surface area contributed by atoms with E-state index in [1.54, 1.807) is 24.4 Å². The topological polar surface area (TPSA) is 43.4 Å². The summed E-state index contributed by atoms with van der Waals surface area (Å²) in [4.78, 5) is 22.1. The van der Waals surface area contributed by atoms with Crippen molar-refractivity contribution in [2.45, 2.75) is 6.92 Å². The van der Waals surface area contributed by atoms with E-state index in [4.69, 9.17) is 4.74 Å². The van der Waals surface area contributed by atoms with Crippen molar-refractivity contribution in [3.8, 4) is 0 Å². The van der Waals surface area contributed by atoms with Crippen LogP contribution in [0.4, 0.5) is 0 Å². The van der Waals surface area contributed by atoms with Crippen molar-refractivity contribution in [2.75, 3.05) is 6.61 Å². The molecule has 0 atom stereocenters. The maximum atomic E-state index is 10.9. The summed E-state index contributed by atoms with van der Waals surface area (Å²) in [5.41, 5.74) is 0.748. The van der Waals surface area contributed by atoms with Crippen molar-refractivity contribution in [1.29, 1.82) is 0 Å². The zero-order valence-electron chi connectivity index (χ0n) is 7.73. The SMILES string of the molecule is CCOC(=O)C=Cc1ccsc1C=O. The Morgan fingerprint density at radius 3 is 3.07 bits per heavy atom. The molecule has 1 aromatic heterocycles. The van der Waals surface area contributed by atoms with Crippen LogP contribution in [0, 0.1) is 0 Å². The molecule has 74 valence electrons. The highest BCUT2D eigenvalue weighted by molar-refractivity contribution is 7.11. The molecule has 0 aliphatic carbocycles. The summed E-state index contributed by atoms with van der Waals surface area (Å²) in [5.74, 6) is -0.393. The van der Waals surface area contributed by atoms with Gasteiger partial charge in [0.1, 0.15) is 0 Å². The lowest BCUT2D eigenvalue weighted by Crippen LogP contribution is -1.98. The Bertz CT molecular complexity index is 352. The number of ether oxygens (including phenoxy) is 1. The zero-order valence-corrected chi connectivity index (χ0v) is 8.54. The molecule has 0 spiro atoms. The molecule has 3 nitrogen and oxygen atoms in total. The van der Waals surface area contributed by atoms with Crippen molar-refractivity contribution in [1.82, 2.24) is 0 Å². The van der Waals surface area contributed by atoms with Crippen molar-refractivity contribution < 1.29 is 14.3 Å². The Labute approximate surface area is 86.0 Å². The molecule has 0 bridgehead atoms. The van der Waals surface area contributed by atoms with Crippen molar-refractivity contribution >= 4 is 29.7 Å². The maximum absolute atomic E-state index is 10.9. The molecule has 0 unspecified atom stereocenters. The number of hydrogen-bond donors (Lipinski definition) is 0. The Kier molecular flexibility index (Phi) is 4.07. The van der Waals surface area contributed by atoms with Gasteiger partial charge in [-0.2, -0.15) is 0 Å². The number of carbonyl (C=O) groups excluding carboxylic acids is 2. The minimum absolute atomic E-state index is 0.355. The van der Waals surface area contributed by atoms with Gasteiger partial charge in [-0.05, 0) is 30.0 Å². The second-order valence-corrected chi connectivity index (χ2v) is 3.39. The molecule has 0 aliphatic rings. The van der Waals surface area contributed by atoms with Gasteiger partial charge in [-0.3, -0.25) is 4.79 Å². The number of thiophene rings is 1. The highest BCUT2D eigenvalue weighted by Crippen LogP contribution is 2.15. The largest absolute Gasteiger partial charge is 0.463 e. The van der Waals surface area contributed by atoms with Gasteiger partial charge >= 0.3 is 5.97 Å². The average Bonchev–Trinajstić information content (AvgIpc) is 2.62. The average molecular weight is 210 g/mol. The number of aldehydes is 1. The van der Waals surface area contributed by atoms with Crippen LogP contribution >= 0.6 is 11.3 Å². The van der Waals surface area contributed by atoms with Gasteiger partial charge in [0.2, 0.25) is 0 Å². The third-order valence-electron chi connectivity index (χ3n) is 1.52. The smallest absolute Gasteiger partial charge is 0.330 e. The maximum Gasteiger partial charge on any atom is 0.330 e. The molecular formula is C10H10O3S. The van der Waals surface area contributed by atoms with Gasteiger partial charge in [0.05, 0.1) is 11.5 Å². The van der Waals surface area contributed by atoms with E-state index in [0.717, 1.165) is 11.8 Å². The third-order valence-corrected chi connectivity index (χ3v) is 2.38. The summed E-state index contributed by atoms with van der Waals surface area (Å²) >= 11 is 1.34. The van der Waals surface area contributed by atoms with Crippen LogP contribution in [0.3, 0.4) is 0 Å². The van der Waals surface area contributed by atoms with Gasteiger partial charge in [0, 0.05) is 6.08 Å². The quantitative estimate of drug-likeness (QED) is 0.434. The summed E-state index contributed by atoms with van der Waals surface area (Å²) in [6.07, 6.45) is 3.67. The number of carbonyl (C=O) groups is 2. The second-order valence-electron chi connectivity index (χ2n) is 2.44. The Morgan fingerprint density at radius 1 is 1.64 bits per heavy atom. The molecule has 0 radical (unpaired) electrons. The van der Waals surface area contributed by atoms with E-state index >= 15 is 0 Å². The van der Waals surface area contributed by atoms with Crippen molar-refractivity contribution in [3.63, 3.8) is 0 Å². The molecule has 1 heterocycles. The van der Waals surface area contributed by atoms with E-state index in [1.165, 1.54) is 17.4 Å². The molecular weight excluding hydrogens is 200 g/mol. The van der Waals surface area contributed by atoms with Crippen LogP contribution in [0.15, 0.2) is 17.5 Å². The summed E-state index contributed by atoms with van der Waals surface area (Å²) in [5, 5.41) is 1.80. The minimum Gasteiger partial charge on any atom is -0.463 e. The Morgan fingerprint density at radius 2 is 2.43 bits per heavy atom. The first-order valence-electron chi connectivity index (χ1n) is 4.15. The molecule has 0 aliphatic heterocycles. The molecule has 1 aromatic rings. The standard InChI is InChI=1S/C10H10O3S/c1-2-13-10(12)4-3-8-5-6-14-9(8)7-11/h3-7H,2H2,1H3. The molecule has 0 fully saturated rings. The highest BCUT2D eigenvalue weighted by atomic mass is 32.1. The number of rotatable bonds is 4. The lowest BCUT2D eigenvalue weighted by molar-refractivity contribution is -0.137. The van der Waals surface area contributed by atoms with Gasteiger partial charge in [0.15, 0.2) is 6.29 Å². The highest BCUT2D eigenvalue weighted by Gasteiger charge is 2.00. The van der Waals surface area contributed by atoms with E-state index in [-0.39, 0.29) is 0 Å². The van der Waals surface area contributed by atoms with Gasteiger partial charge in [-0.1, -0.05) is 0 Å². The van der Waals surface area contributed by atoms with Crippen molar-refractivity contribution in [3.05, 3.63) is 28.0 Å². The van der Waals surface area contributed by atoms with Gasteiger partial charge < -0.3 is 4.74 Å². The fourth-order valence-corrected chi connectivity index (χ4v) is 1.60. The molecule has 4 heteroatoms. The predicted molar refractivity (Wildman–Crippen MR) is 55.4 cm³/mol. The van der Waals surface area contributed by atoms with E-state index in [9.17, 15) is 9.59 Å². The van der Waals surface area contributed by atoms with E-state index in [2.05, 4.69) is 0 Å². The van der Waals surface area contributed by atoms with E-state index in [1.807, 2.05) is 0 Å². The lowest BCUT2D eigenvalue weighted by Gasteiger charge is -1.93. The third kappa shape index (κ3) is 2.81. The molecule has 0 saturated heterocycles. The molecule has 0 saturated carbocycles. The molecule has 0 amide bonds. The van der Waals surface area contributed by atoms with Crippen LogP contribution < -0.4 is 0 Å². The second kappa shape index (κ2) is 5.34. The van der Waals surface area contributed by atoms with Crippen LogP contribution in [0.25, 0.3) is 6.08 Å². The molecule has 0 N–H and O–H groups in total. The number of hydrogen-bond acceptors (Lipinski definition) is 4. The Balaban J connectivity index is 2.68. The van der Waals surface area contributed by atoms with E-state index < -0.39 is 5.97 Å². The molecule has 0 aromatic carbocycles. The fourth-order valence-electron chi connectivity index (χ4n) is 0.913. The Hall–Kier alpha value is -1.42. The summed E-state index contributed by atoms with van der Waals surface area (Å²) in [7, 11) is 0. The van der Waals surface area contributed by atoms with Crippen LogP contribution in [-0.2, 0) is 9.53 Å². The monoisotopic (exact) mass is 210 g/mol. The first-order chi connectivity index (χ1) is 6.77. The minimum atomic E-state index is -0.393. The normalized spacial score (nSPS) is 10.4. The van der Waals surface area contributed by atoms with Crippen LogP contribution in [0.5, 0.6) is 0 Å². The van der Waals surface area contributed by atoms with Gasteiger partial charge in [-0.25, -0.2) is 4.79 Å². The summed E-state index contributed by atoms with van der Waals surface area (Å²) in [6.45, 7) is 2.10. The first kappa shape index (κ1) is 10.7. The van der Waals surface area contributed by atoms with E-state index in [0.29, 0.717) is 11.5 Å². The molecule has 14 heavy (non-hydrogen) atoms. The lowest BCUT2D eigenvalue weighted by atomic mass is 10.2. The van der Waals surface area contributed by atoms with Crippen LogP contribution in [-0.4, -0.2) is 18.9 Å². The fraction of sp³-hybridized carbons (Fsp3) is 0.200. The molecule has 1 rings (SSSR count). The predicted octanol–water partition coefficient (Wildman–Crippen LogP) is 2.14. The van der Waals surface area contributed by atoms with Gasteiger partial charge in [-0.15, -0.1) is 11.3 Å². The summed E-state index contributed by atoms with van der Waals surface area (Å²) < 4.78 is 4.70. The first-order valence-corrected chi connectivity index (χ1v) is 5.03. The zero-order chi connectivity index (χ0) is 10.4. The van der Waals surface area contributed by atoms with Crippen LogP contribution in [0.2, 0.25) is 0 Å². The van der Waals surface area contributed by atoms with Gasteiger partial charge in [0.25, 0.3) is 0 Å². The summed E-state index contributed by atoms with van der Waals surface area (Å²) in [6, 6.07) is 1.78. The number of esters is 1.